The van der Waals surface area contributed by atoms with E-state index in [1.807, 2.05) is 75.4 Å². The number of halogens is 1. The fraction of sp³-hybridized carbons (Fsp3) is 0.278. The molecule has 0 aliphatic heterocycles. The summed E-state index contributed by atoms with van der Waals surface area (Å²) >= 11 is 6.31. The van der Waals surface area contributed by atoms with Gasteiger partial charge in [0.1, 0.15) is 5.78 Å². The first kappa shape index (κ1) is 14.8. The average molecular weight is 287 g/mol. The van der Waals surface area contributed by atoms with E-state index in [1.54, 1.807) is 0 Å². The van der Waals surface area contributed by atoms with Gasteiger partial charge in [0.25, 0.3) is 0 Å². The van der Waals surface area contributed by atoms with Gasteiger partial charge >= 0.3 is 0 Å². The van der Waals surface area contributed by atoms with Crippen molar-refractivity contribution in [3.8, 4) is 0 Å². The van der Waals surface area contributed by atoms with E-state index in [2.05, 4.69) is 0 Å². The quantitative estimate of drug-likeness (QED) is 0.768. The molecule has 2 heteroatoms. The predicted molar refractivity (Wildman–Crippen MR) is 84.2 cm³/mol. The number of hydrogen-bond donors (Lipinski definition) is 0. The largest absolute Gasteiger partial charge is 0.298 e. The highest BCUT2D eigenvalue weighted by atomic mass is 35.5. The van der Waals surface area contributed by atoms with Crippen molar-refractivity contribution in [1.82, 2.24) is 0 Å². The van der Waals surface area contributed by atoms with E-state index in [4.69, 9.17) is 11.6 Å². The van der Waals surface area contributed by atoms with Crippen LogP contribution in [0.15, 0.2) is 54.6 Å². The topological polar surface area (TPSA) is 17.1 Å². The van der Waals surface area contributed by atoms with Crippen LogP contribution in [0, 0.1) is 5.41 Å². The average Bonchev–Trinajstić information content (AvgIpc) is 2.41. The molecule has 0 radical (unpaired) electrons. The molecule has 0 aliphatic carbocycles. The zero-order valence-corrected chi connectivity index (χ0v) is 12.8. The number of carbonyl (C=O) groups excluding carboxylic acids is 1. The van der Waals surface area contributed by atoms with Crippen LogP contribution in [0.2, 0.25) is 5.02 Å². The summed E-state index contributed by atoms with van der Waals surface area (Å²) in [5.74, 6) is -0.137. The molecule has 0 N–H and O–H groups in total. The molecule has 1 unspecified atom stereocenters. The Morgan fingerprint density at radius 1 is 0.950 bits per heavy atom. The zero-order valence-electron chi connectivity index (χ0n) is 12.1. The van der Waals surface area contributed by atoms with E-state index in [0.717, 1.165) is 11.1 Å². The Bertz CT molecular complexity index is 596. The van der Waals surface area contributed by atoms with Gasteiger partial charge in [0.05, 0.1) is 5.92 Å². The Balaban J connectivity index is 2.57. The van der Waals surface area contributed by atoms with Crippen molar-refractivity contribution >= 4 is 17.4 Å². The molecular formula is C18H19ClO. The van der Waals surface area contributed by atoms with Crippen LogP contribution in [-0.4, -0.2) is 5.78 Å². The first-order valence-electron chi connectivity index (χ1n) is 6.75. The molecule has 0 aromatic heterocycles. The fourth-order valence-corrected chi connectivity index (χ4v) is 2.50. The molecule has 0 aliphatic rings. The minimum absolute atomic E-state index is 0.178. The second-order valence-corrected chi connectivity index (χ2v) is 6.39. The molecule has 0 amide bonds. The molecule has 0 saturated carbocycles. The standard InChI is InChI=1S/C18H19ClO/c1-18(2,3)17(20)16(13-9-5-4-6-10-13)14-11-7-8-12-15(14)19/h4-12,16H,1-3H3. The Morgan fingerprint density at radius 3 is 2.05 bits per heavy atom. The van der Waals surface area contributed by atoms with Crippen molar-refractivity contribution in [2.24, 2.45) is 5.41 Å². The van der Waals surface area contributed by atoms with Gasteiger partial charge in [0, 0.05) is 10.4 Å². The number of carbonyl (C=O) groups is 1. The summed E-state index contributed by atoms with van der Waals surface area (Å²) in [6, 6.07) is 17.4. The van der Waals surface area contributed by atoms with E-state index in [1.165, 1.54) is 0 Å². The number of rotatable bonds is 3. The molecule has 20 heavy (non-hydrogen) atoms. The summed E-state index contributed by atoms with van der Waals surface area (Å²) in [5, 5.41) is 0.638. The Kier molecular flexibility index (Phi) is 4.29. The highest BCUT2D eigenvalue weighted by Gasteiger charge is 2.32. The normalized spacial score (nSPS) is 13.0. The molecule has 0 saturated heterocycles. The highest BCUT2D eigenvalue weighted by Crippen LogP contribution is 2.36. The summed E-state index contributed by atoms with van der Waals surface area (Å²) in [6.45, 7) is 5.84. The van der Waals surface area contributed by atoms with E-state index in [-0.39, 0.29) is 11.7 Å². The third kappa shape index (κ3) is 3.10. The van der Waals surface area contributed by atoms with Gasteiger partial charge in [-0.1, -0.05) is 80.9 Å². The second kappa shape index (κ2) is 5.80. The monoisotopic (exact) mass is 286 g/mol. The van der Waals surface area contributed by atoms with Gasteiger partial charge in [-0.2, -0.15) is 0 Å². The molecule has 2 rings (SSSR count). The van der Waals surface area contributed by atoms with Crippen LogP contribution in [0.1, 0.15) is 37.8 Å². The highest BCUT2D eigenvalue weighted by molar-refractivity contribution is 6.31. The predicted octanol–water partition coefficient (Wildman–Crippen LogP) is 5.09. The lowest BCUT2D eigenvalue weighted by Crippen LogP contribution is -2.27. The molecule has 2 aromatic rings. The lowest BCUT2D eigenvalue weighted by Gasteiger charge is -2.26. The minimum atomic E-state index is -0.417. The molecule has 0 heterocycles. The number of hydrogen-bond acceptors (Lipinski definition) is 1. The van der Waals surface area contributed by atoms with Gasteiger partial charge < -0.3 is 0 Å². The van der Waals surface area contributed by atoms with Crippen molar-refractivity contribution in [2.75, 3.05) is 0 Å². The van der Waals surface area contributed by atoms with Gasteiger partial charge in [-0.15, -0.1) is 0 Å². The smallest absolute Gasteiger partial charge is 0.150 e. The van der Waals surface area contributed by atoms with Crippen molar-refractivity contribution in [1.29, 1.82) is 0 Å². The van der Waals surface area contributed by atoms with Crippen LogP contribution in [0.5, 0.6) is 0 Å². The van der Waals surface area contributed by atoms with E-state index in [0.29, 0.717) is 5.02 Å². The first-order valence-corrected chi connectivity index (χ1v) is 7.13. The van der Waals surface area contributed by atoms with Crippen LogP contribution in [0.25, 0.3) is 0 Å². The molecule has 0 spiro atoms. The van der Waals surface area contributed by atoms with Gasteiger partial charge in [-0.05, 0) is 17.2 Å². The van der Waals surface area contributed by atoms with Gasteiger partial charge in [0.15, 0.2) is 0 Å². The third-order valence-electron chi connectivity index (χ3n) is 3.35. The Labute approximate surface area is 125 Å². The van der Waals surface area contributed by atoms with Crippen LogP contribution in [-0.2, 0) is 4.79 Å². The maximum absolute atomic E-state index is 12.9. The van der Waals surface area contributed by atoms with E-state index < -0.39 is 5.41 Å². The molecule has 0 fully saturated rings. The molecule has 1 nitrogen and oxygen atoms in total. The maximum Gasteiger partial charge on any atom is 0.150 e. The number of ketones is 1. The molecule has 104 valence electrons. The van der Waals surface area contributed by atoms with Crippen LogP contribution >= 0.6 is 11.6 Å². The summed E-state index contributed by atoms with van der Waals surface area (Å²) in [5.41, 5.74) is 1.44. The van der Waals surface area contributed by atoms with Crippen molar-refractivity contribution < 1.29 is 4.79 Å². The Morgan fingerprint density at radius 2 is 1.50 bits per heavy atom. The summed E-state index contributed by atoms with van der Waals surface area (Å²) < 4.78 is 0. The van der Waals surface area contributed by atoms with Gasteiger partial charge in [-0.25, -0.2) is 0 Å². The summed E-state index contributed by atoms with van der Waals surface area (Å²) in [6.07, 6.45) is 0. The summed E-state index contributed by atoms with van der Waals surface area (Å²) in [7, 11) is 0. The third-order valence-corrected chi connectivity index (χ3v) is 3.69. The second-order valence-electron chi connectivity index (χ2n) is 5.98. The maximum atomic E-state index is 12.9. The summed E-state index contributed by atoms with van der Waals surface area (Å²) in [4.78, 5) is 12.9. The van der Waals surface area contributed by atoms with Crippen LogP contribution < -0.4 is 0 Å². The minimum Gasteiger partial charge on any atom is -0.298 e. The Hall–Kier alpha value is -1.60. The lowest BCUT2D eigenvalue weighted by atomic mass is 9.76. The SMILES string of the molecule is CC(C)(C)C(=O)C(c1ccccc1)c1ccccc1Cl. The number of benzene rings is 2. The van der Waals surface area contributed by atoms with E-state index >= 15 is 0 Å². The van der Waals surface area contributed by atoms with Crippen LogP contribution in [0.3, 0.4) is 0 Å². The molecular weight excluding hydrogens is 268 g/mol. The van der Waals surface area contributed by atoms with Crippen molar-refractivity contribution in [3.05, 3.63) is 70.7 Å². The molecule has 1 atom stereocenters. The lowest BCUT2D eigenvalue weighted by molar-refractivity contribution is -0.126. The molecule has 2 aromatic carbocycles. The zero-order chi connectivity index (χ0) is 14.8. The van der Waals surface area contributed by atoms with Crippen molar-refractivity contribution in [3.63, 3.8) is 0 Å². The van der Waals surface area contributed by atoms with Gasteiger partial charge in [0.2, 0.25) is 0 Å². The fourth-order valence-electron chi connectivity index (χ4n) is 2.26. The van der Waals surface area contributed by atoms with E-state index in [9.17, 15) is 4.79 Å². The first-order chi connectivity index (χ1) is 9.41. The van der Waals surface area contributed by atoms with Crippen molar-refractivity contribution in [2.45, 2.75) is 26.7 Å². The molecule has 0 bridgehead atoms. The van der Waals surface area contributed by atoms with Crippen LogP contribution in [0.4, 0.5) is 0 Å². The number of Topliss-reactive ketones (excluding diaryl/α,β-unsaturated/α-hetero) is 1. The van der Waals surface area contributed by atoms with Gasteiger partial charge in [-0.3, -0.25) is 4.79 Å².